The normalized spacial score (nSPS) is 37.1. The Balaban J connectivity index is 1.89. The van der Waals surface area contributed by atoms with Crippen molar-refractivity contribution >= 4 is 30.0 Å². The molecule has 0 amide bonds. The first-order chi connectivity index (χ1) is 19.1. The van der Waals surface area contributed by atoms with E-state index in [1.54, 1.807) is 26.8 Å². The number of aliphatic hydroxyl groups is 2. The predicted molar refractivity (Wildman–Crippen MR) is 143 cm³/mol. The van der Waals surface area contributed by atoms with Crippen LogP contribution in [0.5, 0.6) is 0 Å². The van der Waals surface area contributed by atoms with Gasteiger partial charge in [0.15, 0.2) is 6.10 Å². The second-order valence-electron chi connectivity index (χ2n) is 12.0. The van der Waals surface area contributed by atoms with Gasteiger partial charge in [0, 0.05) is 32.3 Å². The van der Waals surface area contributed by atoms with Crippen molar-refractivity contribution in [3.05, 3.63) is 42.0 Å². The van der Waals surface area contributed by atoms with Crippen molar-refractivity contribution in [2.24, 2.45) is 11.3 Å². The van der Waals surface area contributed by atoms with E-state index in [1.165, 1.54) is 26.8 Å². The lowest BCUT2D eigenvalue weighted by Gasteiger charge is -2.65. The molecule has 8 atom stereocenters. The zero-order valence-corrected chi connectivity index (χ0v) is 24.1. The average molecular weight is 575 g/mol. The number of ether oxygens (including phenoxy) is 5. The molecule has 0 aromatic heterocycles. The first-order valence-electron chi connectivity index (χ1n) is 13.6. The van der Waals surface area contributed by atoms with Gasteiger partial charge in [0.1, 0.15) is 30.5 Å². The number of aliphatic hydroxyl groups excluding tert-OH is 1. The Morgan fingerprint density at radius 3 is 2.17 bits per heavy atom. The van der Waals surface area contributed by atoms with Crippen molar-refractivity contribution in [2.45, 2.75) is 95.6 Å². The molecule has 2 bridgehead atoms. The number of hydrogen-bond acceptors (Lipinski definition) is 11. The molecule has 41 heavy (non-hydrogen) atoms. The monoisotopic (exact) mass is 574 g/mol. The van der Waals surface area contributed by atoms with E-state index >= 15 is 0 Å². The van der Waals surface area contributed by atoms with Crippen LogP contribution in [0.3, 0.4) is 0 Å². The molecule has 2 N–H and O–H groups in total. The fourth-order valence-electron chi connectivity index (χ4n) is 7.28. The van der Waals surface area contributed by atoms with Gasteiger partial charge < -0.3 is 33.9 Å². The molecule has 3 aliphatic rings. The summed E-state index contributed by atoms with van der Waals surface area (Å²) in [4.78, 5) is 50.3. The van der Waals surface area contributed by atoms with E-state index in [-0.39, 0.29) is 12.8 Å². The Morgan fingerprint density at radius 1 is 0.951 bits per heavy atom. The van der Waals surface area contributed by atoms with Gasteiger partial charge in [0.25, 0.3) is 0 Å². The molecule has 1 aliphatic heterocycles. The number of esters is 4. The van der Waals surface area contributed by atoms with Gasteiger partial charge >= 0.3 is 23.9 Å². The zero-order chi connectivity index (χ0) is 30.4. The van der Waals surface area contributed by atoms with Crippen molar-refractivity contribution in [3.63, 3.8) is 0 Å². The summed E-state index contributed by atoms with van der Waals surface area (Å²) in [6, 6.07) is 9.11. The number of fused-ring (bicyclic) bond motifs is 1. The van der Waals surface area contributed by atoms with Crippen molar-refractivity contribution in [2.75, 3.05) is 6.61 Å². The minimum Gasteiger partial charge on any atom is -0.459 e. The number of benzene rings is 1. The smallest absolute Gasteiger partial charge is 0.332 e. The van der Waals surface area contributed by atoms with Gasteiger partial charge in [0.2, 0.25) is 0 Å². The van der Waals surface area contributed by atoms with Crippen molar-refractivity contribution in [1.29, 1.82) is 0 Å². The lowest BCUT2D eigenvalue weighted by molar-refractivity contribution is -0.345. The van der Waals surface area contributed by atoms with E-state index in [0.717, 1.165) is 5.56 Å². The largest absolute Gasteiger partial charge is 0.459 e. The minimum absolute atomic E-state index is 0.101. The lowest BCUT2D eigenvalue weighted by Crippen LogP contribution is -2.81. The highest BCUT2D eigenvalue weighted by Crippen LogP contribution is 2.68. The number of carbonyl (C=O) groups is 4. The summed E-state index contributed by atoms with van der Waals surface area (Å²) in [5.41, 5.74) is -5.50. The quantitative estimate of drug-likeness (QED) is 0.279. The molecule has 3 fully saturated rings. The summed E-state index contributed by atoms with van der Waals surface area (Å²) in [5.74, 6) is -3.59. The van der Waals surface area contributed by atoms with Crippen LogP contribution in [0.2, 0.25) is 0 Å². The van der Waals surface area contributed by atoms with Crippen LogP contribution in [-0.2, 0) is 42.9 Å². The first-order valence-corrected chi connectivity index (χ1v) is 13.6. The van der Waals surface area contributed by atoms with E-state index < -0.39 is 83.0 Å². The SMILES string of the molecule is CC(=O)O[C@H]1C[C@](C)(O)[C@]23OC(C)(C)[C@H](C[C@H](OC(=O)/C=C/c4ccccc4)[C@]2(C)[C@H]1OC(=O)CO)[C@H]3OC(C)=O. The van der Waals surface area contributed by atoms with E-state index in [9.17, 15) is 29.4 Å². The molecule has 1 saturated heterocycles. The number of rotatable bonds is 7. The van der Waals surface area contributed by atoms with Crippen molar-refractivity contribution in [3.8, 4) is 0 Å². The Labute approximate surface area is 238 Å². The lowest BCUT2D eigenvalue weighted by atomic mass is 9.47. The second-order valence-corrected chi connectivity index (χ2v) is 12.0. The molecule has 11 nitrogen and oxygen atoms in total. The summed E-state index contributed by atoms with van der Waals surface area (Å²) in [5, 5.41) is 21.7. The topological polar surface area (TPSA) is 155 Å². The van der Waals surface area contributed by atoms with Gasteiger partial charge in [-0.1, -0.05) is 30.3 Å². The molecular formula is C30H38O11. The second kappa shape index (κ2) is 10.8. The van der Waals surface area contributed by atoms with Gasteiger partial charge in [-0.25, -0.2) is 9.59 Å². The van der Waals surface area contributed by atoms with E-state index in [2.05, 4.69) is 0 Å². The standard InChI is InChI=1S/C30H38O11/c1-17(32)37-21-15-28(5,36)30-25(38-18(2)33)20(27(3,4)41-30)14-22(29(30,6)26(21)40-24(35)16-31)39-23(34)13-12-19-10-8-7-9-11-19/h7-13,20-22,25-26,31,36H,14-16H2,1-6H3/b13-12+/t20-,21+,22+,25-,26+,28+,29-,30+/m1/s1. The molecule has 2 saturated carbocycles. The van der Waals surface area contributed by atoms with Crippen LogP contribution in [0.4, 0.5) is 0 Å². The highest BCUT2D eigenvalue weighted by atomic mass is 16.6. The van der Waals surface area contributed by atoms with Crippen LogP contribution < -0.4 is 0 Å². The molecular weight excluding hydrogens is 536 g/mol. The summed E-state index contributed by atoms with van der Waals surface area (Å²) in [6.07, 6.45) is -2.01. The molecule has 2 aliphatic carbocycles. The average Bonchev–Trinajstić information content (AvgIpc) is 3.06. The van der Waals surface area contributed by atoms with Gasteiger partial charge in [-0.15, -0.1) is 0 Å². The van der Waals surface area contributed by atoms with E-state index in [0.29, 0.717) is 0 Å². The third-order valence-corrected chi connectivity index (χ3v) is 8.82. The molecule has 1 aromatic carbocycles. The minimum atomic E-state index is -1.85. The van der Waals surface area contributed by atoms with Crippen LogP contribution >= 0.6 is 0 Å². The third kappa shape index (κ3) is 5.15. The fourth-order valence-corrected chi connectivity index (χ4v) is 7.28. The molecule has 4 rings (SSSR count). The van der Waals surface area contributed by atoms with Crippen LogP contribution in [0, 0.1) is 11.3 Å². The van der Waals surface area contributed by atoms with Crippen molar-refractivity contribution in [1.82, 2.24) is 0 Å². The maximum atomic E-state index is 13.2. The maximum absolute atomic E-state index is 13.2. The van der Waals surface area contributed by atoms with Crippen LogP contribution in [0.1, 0.15) is 59.9 Å². The molecule has 224 valence electrons. The van der Waals surface area contributed by atoms with Crippen molar-refractivity contribution < 1.29 is 53.1 Å². The molecule has 1 heterocycles. The van der Waals surface area contributed by atoms with Crippen LogP contribution in [0.25, 0.3) is 6.08 Å². The fraction of sp³-hybridized carbons (Fsp3) is 0.600. The zero-order valence-electron chi connectivity index (χ0n) is 24.1. The summed E-state index contributed by atoms with van der Waals surface area (Å²) in [6.45, 7) is 8.07. The molecule has 0 unspecified atom stereocenters. The van der Waals surface area contributed by atoms with Crippen LogP contribution in [-0.4, -0.2) is 81.9 Å². The molecule has 11 heteroatoms. The molecule has 0 radical (unpaired) electrons. The Kier molecular flexibility index (Phi) is 8.12. The Morgan fingerprint density at radius 2 is 1.59 bits per heavy atom. The third-order valence-electron chi connectivity index (χ3n) is 8.82. The Hall–Kier alpha value is -3.28. The highest BCUT2D eigenvalue weighted by Gasteiger charge is 2.84. The Bertz CT molecular complexity index is 1220. The van der Waals surface area contributed by atoms with Gasteiger partial charge in [-0.05, 0) is 45.8 Å². The van der Waals surface area contributed by atoms with Gasteiger partial charge in [-0.2, -0.15) is 0 Å². The predicted octanol–water partition coefficient (Wildman–Crippen LogP) is 2.11. The summed E-state index contributed by atoms with van der Waals surface area (Å²) < 4.78 is 29.9. The van der Waals surface area contributed by atoms with E-state index in [4.69, 9.17) is 23.7 Å². The summed E-state index contributed by atoms with van der Waals surface area (Å²) >= 11 is 0. The van der Waals surface area contributed by atoms with Crippen LogP contribution in [0.15, 0.2) is 36.4 Å². The molecule has 1 aromatic rings. The number of carbonyl (C=O) groups excluding carboxylic acids is 4. The highest BCUT2D eigenvalue weighted by molar-refractivity contribution is 5.87. The summed E-state index contributed by atoms with van der Waals surface area (Å²) in [7, 11) is 0. The van der Waals surface area contributed by atoms with E-state index in [1.807, 2.05) is 30.3 Å². The first kappa shape index (κ1) is 30.7. The number of hydrogen-bond donors (Lipinski definition) is 2. The van der Waals surface area contributed by atoms with Gasteiger partial charge in [0.05, 0.1) is 16.6 Å². The maximum Gasteiger partial charge on any atom is 0.332 e. The van der Waals surface area contributed by atoms with Gasteiger partial charge in [-0.3, -0.25) is 9.59 Å². The molecule has 1 spiro atoms.